The first kappa shape index (κ1) is 10.6. The summed E-state index contributed by atoms with van der Waals surface area (Å²) in [6, 6.07) is 3.89. The predicted molar refractivity (Wildman–Crippen MR) is 55.4 cm³/mol. The molecular weight excluding hydrogens is 178 g/mol. The van der Waals surface area contributed by atoms with Crippen molar-refractivity contribution in [1.29, 1.82) is 0 Å². The van der Waals surface area contributed by atoms with Gasteiger partial charge in [0.05, 0.1) is 11.3 Å². The van der Waals surface area contributed by atoms with Crippen molar-refractivity contribution in [3.8, 4) is 0 Å². The molecule has 0 fully saturated rings. The lowest BCUT2D eigenvalue weighted by Gasteiger charge is -2.22. The summed E-state index contributed by atoms with van der Waals surface area (Å²) in [4.78, 5) is 14.5. The number of hydrogen-bond acceptors (Lipinski definition) is 3. The third-order valence-electron chi connectivity index (χ3n) is 2.21. The molecule has 1 rings (SSSR count). The van der Waals surface area contributed by atoms with Gasteiger partial charge in [-0.2, -0.15) is 0 Å². The maximum atomic E-state index is 10.4. The van der Waals surface area contributed by atoms with Gasteiger partial charge in [-0.25, -0.2) is 0 Å². The molecule has 0 aliphatic heterocycles. The second kappa shape index (κ2) is 5.32. The Morgan fingerprint density at radius 3 is 2.93 bits per heavy atom. The molecule has 0 saturated carbocycles. The molecule has 0 aromatic carbocycles. The van der Waals surface area contributed by atoms with Crippen LogP contribution in [0, 0.1) is 4.91 Å². The Labute approximate surface area is 83.9 Å². The molecule has 1 aromatic heterocycles. The van der Waals surface area contributed by atoms with Crippen molar-refractivity contribution in [2.45, 2.75) is 25.8 Å². The van der Waals surface area contributed by atoms with Crippen molar-refractivity contribution in [2.75, 3.05) is 7.05 Å². The maximum absolute atomic E-state index is 10.4. The molecule has 76 valence electrons. The van der Waals surface area contributed by atoms with Crippen LogP contribution in [0.25, 0.3) is 0 Å². The van der Waals surface area contributed by atoms with Crippen LogP contribution < -0.4 is 0 Å². The Kier molecular flexibility index (Phi) is 4.04. The Morgan fingerprint density at radius 2 is 2.43 bits per heavy atom. The monoisotopic (exact) mass is 193 g/mol. The minimum absolute atomic E-state index is 0.0474. The lowest BCUT2D eigenvalue weighted by atomic mass is 10.0. The van der Waals surface area contributed by atoms with Crippen LogP contribution in [0.2, 0.25) is 0 Å². The zero-order valence-electron chi connectivity index (χ0n) is 8.55. The van der Waals surface area contributed by atoms with E-state index in [0.29, 0.717) is 0 Å². The molecule has 4 heteroatoms. The van der Waals surface area contributed by atoms with Crippen molar-refractivity contribution in [2.24, 2.45) is 5.29 Å². The summed E-state index contributed by atoms with van der Waals surface area (Å²) in [5, 5.41) is 4.38. The minimum atomic E-state index is 0.0474. The SMILES string of the molecule is CCCC(c1cccnc1)N(C)N=O. The summed E-state index contributed by atoms with van der Waals surface area (Å²) in [5.74, 6) is 0. The molecule has 0 amide bonds. The summed E-state index contributed by atoms with van der Waals surface area (Å²) in [6.07, 6.45) is 5.43. The summed E-state index contributed by atoms with van der Waals surface area (Å²) in [6.45, 7) is 2.09. The van der Waals surface area contributed by atoms with Gasteiger partial charge < -0.3 is 0 Å². The van der Waals surface area contributed by atoms with Gasteiger partial charge in [-0.05, 0) is 18.1 Å². The van der Waals surface area contributed by atoms with E-state index in [1.54, 1.807) is 19.4 Å². The van der Waals surface area contributed by atoms with Crippen LogP contribution in [0.3, 0.4) is 0 Å². The molecule has 0 bridgehead atoms. The molecule has 0 aliphatic rings. The van der Waals surface area contributed by atoms with Crippen molar-refractivity contribution < 1.29 is 0 Å². The third kappa shape index (κ3) is 2.52. The highest BCUT2D eigenvalue weighted by atomic mass is 16.3. The second-order valence-electron chi connectivity index (χ2n) is 3.25. The van der Waals surface area contributed by atoms with Crippen LogP contribution in [0.5, 0.6) is 0 Å². The van der Waals surface area contributed by atoms with E-state index in [-0.39, 0.29) is 6.04 Å². The number of hydrogen-bond donors (Lipinski definition) is 0. The zero-order valence-corrected chi connectivity index (χ0v) is 8.55. The maximum Gasteiger partial charge on any atom is 0.0763 e. The van der Waals surface area contributed by atoms with Crippen LogP contribution >= 0.6 is 0 Å². The van der Waals surface area contributed by atoms with Crippen molar-refractivity contribution in [1.82, 2.24) is 9.99 Å². The molecule has 4 nitrogen and oxygen atoms in total. The molecule has 1 unspecified atom stereocenters. The number of rotatable bonds is 5. The van der Waals surface area contributed by atoms with Gasteiger partial charge in [0.2, 0.25) is 0 Å². The van der Waals surface area contributed by atoms with Gasteiger partial charge in [0.1, 0.15) is 0 Å². The smallest absolute Gasteiger partial charge is 0.0763 e. The molecule has 1 heterocycles. The lowest BCUT2D eigenvalue weighted by molar-refractivity contribution is 0.238. The van der Waals surface area contributed by atoms with Crippen molar-refractivity contribution in [3.05, 3.63) is 35.0 Å². The van der Waals surface area contributed by atoms with Gasteiger partial charge in [-0.3, -0.25) is 9.99 Å². The first-order valence-corrected chi connectivity index (χ1v) is 4.75. The predicted octanol–water partition coefficient (Wildman–Crippen LogP) is 2.54. The first-order valence-electron chi connectivity index (χ1n) is 4.75. The fraction of sp³-hybridized carbons (Fsp3) is 0.500. The number of pyridine rings is 1. The molecule has 0 spiro atoms. The molecular formula is C10H15N3O. The molecule has 0 saturated heterocycles. The fourth-order valence-electron chi connectivity index (χ4n) is 1.47. The fourth-order valence-corrected chi connectivity index (χ4v) is 1.47. The second-order valence-corrected chi connectivity index (χ2v) is 3.25. The molecule has 0 radical (unpaired) electrons. The number of nitroso groups, excluding NO2 is 1. The normalized spacial score (nSPS) is 12.1. The highest BCUT2D eigenvalue weighted by molar-refractivity contribution is 5.13. The largest absolute Gasteiger partial charge is 0.264 e. The first-order chi connectivity index (χ1) is 6.79. The summed E-state index contributed by atoms with van der Waals surface area (Å²) in [5.41, 5.74) is 1.04. The van der Waals surface area contributed by atoms with Gasteiger partial charge >= 0.3 is 0 Å². The Hall–Kier alpha value is -1.45. The average Bonchev–Trinajstić information content (AvgIpc) is 2.26. The van der Waals surface area contributed by atoms with E-state index in [0.717, 1.165) is 18.4 Å². The van der Waals surface area contributed by atoms with Gasteiger partial charge in [-0.15, -0.1) is 4.91 Å². The van der Waals surface area contributed by atoms with Crippen molar-refractivity contribution >= 4 is 0 Å². The van der Waals surface area contributed by atoms with E-state index in [1.807, 2.05) is 12.1 Å². The van der Waals surface area contributed by atoms with E-state index in [4.69, 9.17) is 0 Å². The number of nitrogens with zero attached hydrogens (tertiary/aromatic N) is 3. The van der Waals surface area contributed by atoms with Crippen LogP contribution in [0.15, 0.2) is 29.8 Å². The summed E-state index contributed by atoms with van der Waals surface area (Å²) in [7, 11) is 1.69. The van der Waals surface area contributed by atoms with E-state index >= 15 is 0 Å². The molecule has 1 aromatic rings. The standard InChI is InChI=1S/C10H15N3O/c1-3-5-10(13(2)12-14)9-6-4-7-11-8-9/h4,6-8,10H,3,5H2,1-2H3. The Balaban J connectivity index is 2.82. The molecule has 0 N–H and O–H groups in total. The van der Waals surface area contributed by atoms with Crippen molar-refractivity contribution in [3.63, 3.8) is 0 Å². The topological polar surface area (TPSA) is 45.6 Å². The van der Waals surface area contributed by atoms with E-state index in [1.165, 1.54) is 5.01 Å². The van der Waals surface area contributed by atoms with Crippen LogP contribution in [-0.4, -0.2) is 17.0 Å². The van der Waals surface area contributed by atoms with Gasteiger partial charge in [0.25, 0.3) is 0 Å². The van der Waals surface area contributed by atoms with Crippen LogP contribution in [0.4, 0.5) is 0 Å². The summed E-state index contributed by atoms with van der Waals surface area (Å²) >= 11 is 0. The Bertz CT molecular complexity index is 276. The molecule has 0 aliphatic carbocycles. The average molecular weight is 193 g/mol. The van der Waals surface area contributed by atoms with E-state index < -0.39 is 0 Å². The highest BCUT2D eigenvalue weighted by Crippen LogP contribution is 2.23. The number of aromatic nitrogens is 1. The Morgan fingerprint density at radius 1 is 1.64 bits per heavy atom. The lowest BCUT2D eigenvalue weighted by Crippen LogP contribution is -2.18. The minimum Gasteiger partial charge on any atom is -0.264 e. The highest BCUT2D eigenvalue weighted by Gasteiger charge is 2.15. The van der Waals surface area contributed by atoms with Gasteiger partial charge in [0.15, 0.2) is 0 Å². The van der Waals surface area contributed by atoms with E-state index in [2.05, 4.69) is 17.2 Å². The molecule has 1 atom stereocenters. The summed E-state index contributed by atoms with van der Waals surface area (Å²) < 4.78 is 0. The van der Waals surface area contributed by atoms with Gasteiger partial charge in [0, 0.05) is 19.4 Å². The van der Waals surface area contributed by atoms with Crippen LogP contribution in [-0.2, 0) is 0 Å². The van der Waals surface area contributed by atoms with E-state index in [9.17, 15) is 4.91 Å². The van der Waals surface area contributed by atoms with Crippen LogP contribution in [0.1, 0.15) is 31.4 Å². The van der Waals surface area contributed by atoms with Gasteiger partial charge in [-0.1, -0.05) is 19.4 Å². The molecule has 14 heavy (non-hydrogen) atoms. The quantitative estimate of drug-likeness (QED) is 0.533. The zero-order chi connectivity index (χ0) is 10.4. The third-order valence-corrected chi connectivity index (χ3v) is 2.21.